The SMILES string of the molecule is CC[C@@H](N)c1cc(Cl)c(O)c(OC)c1.Cl. The summed E-state index contributed by atoms with van der Waals surface area (Å²) in [6.07, 6.45) is 0.810. The Balaban J connectivity index is 0.00000196. The zero-order valence-corrected chi connectivity index (χ0v) is 10.2. The van der Waals surface area contributed by atoms with Crippen LogP contribution in [-0.2, 0) is 0 Å². The highest BCUT2D eigenvalue weighted by atomic mass is 35.5. The van der Waals surface area contributed by atoms with Gasteiger partial charge in [0.15, 0.2) is 11.5 Å². The summed E-state index contributed by atoms with van der Waals surface area (Å²) in [5.74, 6) is 0.317. The van der Waals surface area contributed by atoms with Gasteiger partial charge in [0.25, 0.3) is 0 Å². The highest BCUT2D eigenvalue weighted by Crippen LogP contribution is 2.36. The van der Waals surface area contributed by atoms with Crippen molar-refractivity contribution in [2.45, 2.75) is 19.4 Å². The molecular formula is C10H15Cl2NO2. The van der Waals surface area contributed by atoms with Gasteiger partial charge in [-0.3, -0.25) is 0 Å². The van der Waals surface area contributed by atoms with E-state index < -0.39 is 0 Å². The minimum Gasteiger partial charge on any atom is -0.503 e. The molecule has 0 aliphatic heterocycles. The van der Waals surface area contributed by atoms with E-state index in [1.54, 1.807) is 12.1 Å². The van der Waals surface area contributed by atoms with Crippen molar-refractivity contribution in [1.82, 2.24) is 0 Å². The third-order valence-corrected chi connectivity index (χ3v) is 2.43. The maximum absolute atomic E-state index is 9.48. The van der Waals surface area contributed by atoms with E-state index >= 15 is 0 Å². The Morgan fingerprint density at radius 1 is 1.53 bits per heavy atom. The second-order valence-corrected chi connectivity index (χ2v) is 3.48. The molecule has 0 aromatic heterocycles. The van der Waals surface area contributed by atoms with Gasteiger partial charge in [0.2, 0.25) is 0 Å². The summed E-state index contributed by atoms with van der Waals surface area (Å²) < 4.78 is 4.97. The van der Waals surface area contributed by atoms with E-state index in [-0.39, 0.29) is 29.2 Å². The Labute approximate surface area is 101 Å². The minimum absolute atomic E-state index is 0. The van der Waals surface area contributed by atoms with Gasteiger partial charge in [-0.15, -0.1) is 12.4 Å². The summed E-state index contributed by atoms with van der Waals surface area (Å²) in [5, 5.41) is 9.75. The zero-order chi connectivity index (χ0) is 10.7. The average molecular weight is 252 g/mol. The largest absolute Gasteiger partial charge is 0.503 e. The van der Waals surface area contributed by atoms with E-state index in [1.807, 2.05) is 6.92 Å². The highest BCUT2D eigenvalue weighted by molar-refractivity contribution is 6.32. The van der Waals surface area contributed by atoms with Crippen molar-refractivity contribution >= 4 is 24.0 Å². The van der Waals surface area contributed by atoms with Gasteiger partial charge in [-0.25, -0.2) is 0 Å². The molecule has 0 heterocycles. The van der Waals surface area contributed by atoms with Crippen molar-refractivity contribution in [1.29, 1.82) is 0 Å². The lowest BCUT2D eigenvalue weighted by molar-refractivity contribution is 0.372. The third-order valence-electron chi connectivity index (χ3n) is 2.14. The van der Waals surface area contributed by atoms with Gasteiger partial charge >= 0.3 is 0 Å². The number of hydrogen-bond acceptors (Lipinski definition) is 3. The maximum atomic E-state index is 9.48. The highest BCUT2D eigenvalue weighted by Gasteiger charge is 2.12. The van der Waals surface area contributed by atoms with Crippen molar-refractivity contribution in [3.05, 3.63) is 22.7 Å². The van der Waals surface area contributed by atoms with Gasteiger partial charge in [-0.1, -0.05) is 18.5 Å². The van der Waals surface area contributed by atoms with E-state index in [1.165, 1.54) is 7.11 Å². The standard InChI is InChI=1S/C10H14ClNO2.ClH/c1-3-8(12)6-4-7(11)10(13)9(5-6)14-2;/h4-5,8,13H,3,12H2,1-2H3;1H/t8-;/m1./s1. The van der Waals surface area contributed by atoms with Gasteiger partial charge in [-0.05, 0) is 24.1 Å². The lowest BCUT2D eigenvalue weighted by Gasteiger charge is -2.12. The maximum Gasteiger partial charge on any atom is 0.176 e. The molecule has 0 saturated heterocycles. The van der Waals surface area contributed by atoms with Crippen molar-refractivity contribution in [3.63, 3.8) is 0 Å². The summed E-state index contributed by atoms with van der Waals surface area (Å²) >= 11 is 5.81. The quantitative estimate of drug-likeness (QED) is 0.869. The number of aromatic hydroxyl groups is 1. The van der Waals surface area contributed by atoms with Crippen LogP contribution in [0.3, 0.4) is 0 Å². The number of benzene rings is 1. The first kappa shape index (κ1) is 14.4. The number of ether oxygens (including phenoxy) is 1. The van der Waals surface area contributed by atoms with Crippen LogP contribution >= 0.6 is 24.0 Å². The molecule has 1 rings (SSSR count). The molecule has 15 heavy (non-hydrogen) atoms. The Hall–Kier alpha value is -0.640. The number of phenolic OH excluding ortho intramolecular Hbond substituents is 1. The fraction of sp³-hybridized carbons (Fsp3) is 0.400. The summed E-state index contributed by atoms with van der Waals surface area (Å²) in [4.78, 5) is 0. The van der Waals surface area contributed by atoms with Gasteiger partial charge in [0.1, 0.15) is 0 Å². The normalized spacial score (nSPS) is 11.7. The topological polar surface area (TPSA) is 55.5 Å². The number of phenols is 1. The van der Waals surface area contributed by atoms with E-state index in [9.17, 15) is 5.11 Å². The van der Waals surface area contributed by atoms with Crippen molar-refractivity contribution in [2.24, 2.45) is 5.73 Å². The Bertz CT molecular complexity index is 331. The first-order valence-corrected chi connectivity index (χ1v) is 4.79. The molecule has 0 aliphatic rings. The average Bonchev–Trinajstić information content (AvgIpc) is 2.20. The van der Waals surface area contributed by atoms with Crippen molar-refractivity contribution in [3.8, 4) is 11.5 Å². The first-order valence-electron chi connectivity index (χ1n) is 4.42. The van der Waals surface area contributed by atoms with E-state index in [4.69, 9.17) is 22.1 Å². The summed E-state index contributed by atoms with van der Waals surface area (Å²) in [6, 6.07) is 3.28. The predicted octanol–water partition coefficient (Wildman–Crippen LogP) is 2.89. The van der Waals surface area contributed by atoms with Crippen molar-refractivity contribution < 1.29 is 9.84 Å². The van der Waals surface area contributed by atoms with E-state index in [0.29, 0.717) is 5.75 Å². The molecule has 0 fully saturated rings. The molecule has 5 heteroatoms. The van der Waals surface area contributed by atoms with E-state index in [0.717, 1.165) is 12.0 Å². The molecule has 0 saturated carbocycles. The molecule has 0 radical (unpaired) electrons. The summed E-state index contributed by atoms with van der Waals surface area (Å²) in [5.41, 5.74) is 6.71. The lowest BCUT2D eigenvalue weighted by Crippen LogP contribution is -2.08. The first-order chi connectivity index (χ1) is 6.60. The van der Waals surface area contributed by atoms with Gasteiger partial charge in [0.05, 0.1) is 12.1 Å². The zero-order valence-electron chi connectivity index (χ0n) is 8.66. The van der Waals surface area contributed by atoms with E-state index in [2.05, 4.69) is 0 Å². The van der Waals surface area contributed by atoms with Crippen LogP contribution in [-0.4, -0.2) is 12.2 Å². The van der Waals surface area contributed by atoms with Crippen LogP contribution in [0.15, 0.2) is 12.1 Å². The van der Waals surface area contributed by atoms with Gasteiger partial charge in [0, 0.05) is 6.04 Å². The molecular weight excluding hydrogens is 237 g/mol. The molecule has 3 nitrogen and oxygen atoms in total. The number of halogens is 2. The fourth-order valence-corrected chi connectivity index (χ4v) is 1.42. The van der Waals surface area contributed by atoms with Gasteiger partial charge in [-0.2, -0.15) is 0 Å². The number of rotatable bonds is 3. The summed E-state index contributed by atoms with van der Waals surface area (Å²) in [6.45, 7) is 1.98. The molecule has 86 valence electrons. The molecule has 0 bridgehead atoms. The number of nitrogens with two attached hydrogens (primary N) is 1. The molecule has 1 aromatic carbocycles. The molecule has 0 aliphatic carbocycles. The Morgan fingerprint density at radius 3 is 2.60 bits per heavy atom. The molecule has 0 spiro atoms. The monoisotopic (exact) mass is 251 g/mol. The Morgan fingerprint density at radius 2 is 2.13 bits per heavy atom. The van der Waals surface area contributed by atoms with Crippen LogP contribution in [0.25, 0.3) is 0 Å². The number of hydrogen-bond donors (Lipinski definition) is 2. The second kappa shape index (κ2) is 6.05. The second-order valence-electron chi connectivity index (χ2n) is 3.07. The predicted molar refractivity (Wildman–Crippen MR) is 64.1 cm³/mol. The van der Waals surface area contributed by atoms with Crippen LogP contribution in [0.5, 0.6) is 11.5 Å². The van der Waals surface area contributed by atoms with Crippen LogP contribution in [0, 0.1) is 0 Å². The molecule has 1 atom stereocenters. The lowest BCUT2D eigenvalue weighted by atomic mass is 10.1. The number of methoxy groups -OCH3 is 1. The molecule has 3 N–H and O–H groups in total. The summed E-state index contributed by atoms with van der Waals surface area (Å²) in [7, 11) is 1.48. The smallest absolute Gasteiger partial charge is 0.176 e. The Kier molecular flexibility index (Phi) is 5.80. The molecule has 0 amide bonds. The van der Waals surface area contributed by atoms with Gasteiger partial charge < -0.3 is 15.6 Å². The molecule has 1 aromatic rings. The van der Waals surface area contributed by atoms with Crippen LogP contribution in [0.2, 0.25) is 5.02 Å². The van der Waals surface area contributed by atoms with Crippen LogP contribution in [0.4, 0.5) is 0 Å². The molecule has 0 unspecified atom stereocenters. The fourth-order valence-electron chi connectivity index (χ4n) is 1.20. The minimum atomic E-state index is -0.0815. The third kappa shape index (κ3) is 3.16. The van der Waals surface area contributed by atoms with Crippen LogP contribution < -0.4 is 10.5 Å². The van der Waals surface area contributed by atoms with Crippen molar-refractivity contribution in [2.75, 3.05) is 7.11 Å². The van der Waals surface area contributed by atoms with Crippen LogP contribution in [0.1, 0.15) is 24.9 Å².